The zero-order valence-corrected chi connectivity index (χ0v) is 5.05. The SMILES string of the molecule is [C-]#Cc1ccc[cH-]1.[Cu+2]. The average molecular weight is 152 g/mol. The van der Waals surface area contributed by atoms with E-state index in [0.717, 1.165) is 5.56 Å². The van der Waals surface area contributed by atoms with Gasteiger partial charge in [-0.05, 0) is 0 Å². The van der Waals surface area contributed by atoms with Gasteiger partial charge in [0.05, 0.1) is 0 Å². The number of hydrogen-bond donors (Lipinski definition) is 0. The second-order valence-electron chi connectivity index (χ2n) is 1.30. The molecule has 1 heteroatoms. The topological polar surface area (TPSA) is 0 Å². The number of hydrogen-bond acceptors (Lipinski definition) is 0. The van der Waals surface area contributed by atoms with Gasteiger partial charge in [-0.3, -0.25) is 11.6 Å². The van der Waals surface area contributed by atoms with E-state index in [2.05, 4.69) is 5.92 Å². The first kappa shape index (κ1) is 7.43. The Balaban J connectivity index is 0.000000490. The minimum Gasteiger partial charge on any atom is -0.437 e. The standard InChI is InChI=1S/C7H4.Cu/c1-2-7-5-3-4-6-7;/h3-6H;/q-2;+2. The van der Waals surface area contributed by atoms with Gasteiger partial charge in [0.25, 0.3) is 0 Å². The van der Waals surface area contributed by atoms with Crippen LogP contribution in [0.1, 0.15) is 5.56 Å². The quantitative estimate of drug-likeness (QED) is 0.298. The molecule has 0 amide bonds. The van der Waals surface area contributed by atoms with Gasteiger partial charge in [0, 0.05) is 0 Å². The van der Waals surface area contributed by atoms with Crippen molar-refractivity contribution in [1.82, 2.24) is 0 Å². The van der Waals surface area contributed by atoms with Crippen LogP contribution >= 0.6 is 0 Å². The van der Waals surface area contributed by atoms with Gasteiger partial charge in [-0.1, -0.05) is 0 Å². The van der Waals surface area contributed by atoms with Gasteiger partial charge >= 0.3 is 17.1 Å². The molecule has 1 aromatic carbocycles. The Morgan fingerprint density at radius 1 is 1.62 bits per heavy atom. The second kappa shape index (κ2) is 3.43. The first-order valence-corrected chi connectivity index (χ1v) is 2.08. The smallest absolute Gasteiger partial charge is 0.437 e. The summed E-state index contributed by atoms with van der Waals surface area (Å²) in [4.78, 5) is 0. The van der Waals surface area contributed by atoms with Crippen molar-refractivity contribution in [2.75, 3.05) is 0 Å². The van der Waals surface area contributed by atoms with Crippen LogP contribution < -0.4 is 0 Å². The summed E-state index contributed by atoms with van der Waals surface area (Å²) in [6, 6.07) is 7.45. The van der Waals surface area contributed by atoms with E-state index in [1.807, 2.05) is 24.3 Å². The molecule has 0 aliphatic heterocycles. The molecule has 0 bridgehead atoms. The van der Waals surface area contributed by atoms with Gasteiger partial charge < -0.3 is 12.3 Å². The van der Waals surface area contributed by atoms with E-state index < -0.39 is 0 Å². The third-order valence-electron chi connectivity index (χ3n) is 0.807. The summed E-state index contributed by atoms with van der Waals surface area (Å²) in [6.45, 7) is 0. The monoisotopic (exact) mass is 151 g/mol. The van der Waals surface area contributed by atoms with Crippen molar-refractivity contribution in [3.63, 3.8) is 0 Å². The van der Waals surface area contributed by atoms with Crippen LogP contribution in [0.4, 0.5) is 0 Å². The van der Waals surface area contributed by atoms with Crippen LogP contribution in [-0.4, -0.2) is 0 Å². The Labute approximate surface area is 59.7 Å². The van der Waals surface area contributed by atoms with E-state index >= 15 is 0 Å². The molecule has 1 rings (SSSR count). The Kier molecular flexibility index (Phi) is 3.19. The molecule has 0 aliphatic carbocycles. The van der Waals surface area contributed by atoms with E-state index in [4.69, 9.17) is 6.42 Å². The van der Waals surface area contributed by atoms with Crippen molar-refractivity contribution in [3.05, 3.63) is 36.3 Å². The Morgan fingerprint density at radius 2 is 2.38 bits per heavy atom. The molecule has 43 valence electrons. The van der Waals surface area contributed by atoms with Gasteiger partial charge in [0.2, 0.25) is 0 Å². The first-order chi connectivity index (χ1) is 3.43. The zero-order valence-electron chi connectivity index (χ0n) is 4.11. The van der Waals surface area contributed by atoms with Crippen LogP contribution in [0.2, 0.25) is 0 Å². The minimum atomic E-state index is 0. The molecule has 0 nitrogen and oxygen atoms in total. The number of rotatable bonds is 0. The molecule has 0 N–H and O–H groups in total. The first-order valence-electron chi connectivity index (χ1n) is 2.08. The largest absolute Gasteiger partial charge is 2.00 e. The zero-order chi connectivity index (χ0) is 5.11. The minimum absolute atomic E-state index is 0. The van der Waals surface area contributed by atoms with E-state index in [9.17, 15) is 0 Å². The maximum absolute atomic E-state index is 6.61. The summed E-state index contributed by atoms with van der Waals surface area (Å²) in [5.41, 5.74) is 0.847. The summed E-state index contributed by atoms with van der Waals surface area (Å²) in [5.74, 6) is 2.26. The summed E-state index contributed by atoms with van der Waals surface area (Å²) < 4.78 is 0. The van der Waals surface area contributed by atoms with Gasteiger partial charge in [0.1, 0.15) is 0 Å². The second-order valence-corrected chi connectivity index (χ2v) is 1.30. The fourth-order valence-electron chi connectivity index (χ4n) is 0.457. The Morgan fingerprint density at radius 3 is 2.62 bits per heavy atom. The molecule has 0 aliphatic rings. The van der Waals surface area contributed by atoms with Crippen molar-refractivity contribution in [1.29, 1.82) is 0 Å². The van der Waals surface area contributed by atoms with Gasteiger partial charge in [-0.2, -0.15) is 12.1 Å². The molecule has 0 unspecified atom stereocenters. The van der Waals surface area contributed by atoms with Crippen molar-refractivity contribution in [2.24, 2.45) is 0 Å². The van der Waals surface area contributed by atoms with Gasteiger partial charge in [0.15, 0.2) is 0 Å². The van der Waals surface area contributed by atoms with Crippen molar-refractivity contribution < 1.29 is 17.1 Å². The fraction of sp³-hybridized carbons (Fsp3) is 0. The maximum Gasteiger partial charge on any atom is 2.00 e. The average Bonchev–Trinajstić information content (AvgIpc) is 2.14. The normalized spacial score (nSPS) is 6.88. The van der Waals surface area contributed by atoms with Crippen LogP contribution in [0.5, 0.6) is 0 Å². The van der Waals surface area contributed by atoms with Gasteiger partial charge in [-0.25, -0.2) is 6.07 Å². The van der Waals surface area contributed by atoms with E-state index in [0.29, 0.717) is 0 Å². The van der Waals surface area contributed by atoms with E-state index in [1.165, 1.54) is 0 Å². The van der Waals surface area contributed by atoms with Crippen LogP contribution in [0, 0.1) is 12.3 Å². The molecule has 1 radical (unpaired) electrons. The molecule has 0 saturated carbocycles. The molecular weight excluding hydrogens is 148 g/mol. The Bertz CT molecular complexity index is 167. The summed E-state index contributed by atoms with van der Waals surface area (Å²) in [5, 5.41) is 0. The van der Waals surface area contributed by atoms with Crippen LogP contribution in [-0.2, 0) is 17.1 Å². The van der Waals surface area contributed by atoms with Crippen molar-refractivity contribution >= 4 is 0 Å². The molecule has 1 aromatic rings. The predicted octanol–water partition coefficient (Wildman–Crippen LogP) is 1.34. The molecule has 0 atom stereocenters. The molecule has 0 aromatic heterocycles. The third kappa shape index (κ3) is 1.50. The Hall–Kier alpha value is -0.571. The van der Waals surface area contributed by atoms with Crippen molar-refractivity contribution in [3.8, 4) is 5.92 Å². The molecule has 0 heterocycles. The van der Waals surface area contributed by atoms with Crippen molar-refractivity contribution in [2.45, 2.75) is 0 Å². The maximum atomic E-state index is 6.61. The van der Waals surface area contributed by atoms with Crippen LogP contribution in [0.15, 0.2) is 24.3 Å². The van der Waals surface area contributed by atoms with Crippen LogP contribution in [0.3, 0.4) is 0 Å². The molecular formula is C7H4Cu. The van der Waals surface area contributed by atoms with E-state index in [-0.39, 0.29) is 17.1 Å². The van der Waals surface area contributed by atoms with Crippen LogP contribution in [0.25, 0.3) is 0 Å². The molecule has 0 fully saturated rings. The summed E-state index contributed by atoms with van der Waals surface area (Å²) >= 11 is 0. The molecule has 0 saturated heterocycles. The molecule has 8 heavy (non-hydrogen) atoms. The fourth-order valence-corrected chi connectivity index (χ4v) is 0.457. The third-order valence-corrected chi connectivity index (χ3v) is 0.807. The summed E-state index contributed by atoms with van der Waals surface area (Å²) in [7, 11) is 0. The molecule has 0 spiro atoms. The van der Waals surface area contributed by atoms with Gasteiger partial charge in [-0.15, -0.1) is 0 Å². The summed E-state index contributed by atoms with van der Waals surface area (Å²) in [6.07, 6.45) is 6.61. The predicted molar refractivity (Wildman–Crippen MR) is 28.3 cm³/mol. The van der Waals surface area contributed by atoms with E-state index in [1.54, 1.807) is 0 Å².